The van der Waals surface area contributed by atoms with Crippen molar-refractivity contribution >= 4 is 6.03 Å². The van der Waals surface area contributed by atoms with Gasteiger partial charge in [-0.3, -0.25) is 4.98 Å². The third-order valence-electron chi connectivity index (χ3n) is 4.57. The molecule has 1 aliphatic heterocycles. The Morgan fingerprint density at radius 2 is 2.21 bits per heavy atom. The maximum atomic E-state index is 12.6. The van der Waals surface area contributed by atoms with Gasteiger partial charge in [-0.05, 0) is 44.7 Å². The minimum atomic E-state index is 0.0210. The molecule has 1 atom stereocenters. The number of piperidine rings is 1. The number of hydrogen-bond donors (Lipinski definition) is 1. The van der Waals surface area contributed by atoms with Gasteiger partial charge in [-0.25, -0.2) is 9.78 Å². The van der Waals surface area contributed by atoms with Crippen LogP contribution in [0, 0.1) is 6.92 Å². The lowest BCUT2D eigenvalue weighted by atomic mass is 9.99. The highest BCUT2D eigenvalue weighted by Gasteiger charge is 2.28. The largest absolute Gasteiger partial charge is 0.338 e. The number of amides is 2. The number of nitrogens with one attached hydrogen (secondary N) is 1. The highest BCUT2D eigenvalue weighted by Crippen LogP contribution is 2.29. The van der Waals surface area contributed by atoms with Gasteiger partial charge in [0.25, 0.3) is 0 Å². The average molecular weight is 327 g/mol. The van der Waals surface area contributed by atoms with Crippen LogP contribution in [0.5, 0.6) is 0 Å². The third kappa shape index (κ3) is 3.93. The quantitative estimate of drug-likeness (QED) is 0.859. The summed E-state index contributed by atoms with van der Waals surface area (Å²) in [6.45, 7) is 4.33. The Balaban J connectivity index is 1.52. The van der Waals surface area contributed by atoms with Crippen molar-refractivity contribution in [1.29, 1.82) is 0 Å². The van der Waals surface area contributed by atoms with Crippen LogP contribution in [0.2, 0.25) is 0 Å². The molecule has 0 bridgehead atoms. The van der Waals surface area contributed by atoms with Crippen molar-refractivity contribution in [2.24, 2.45) is 0 Å². The number of pyridine rings is 1. The molecule has 0 saturated carbocycles. The summed E-state index contributed by atoms with van der Waals surface area (Å²) in [4.78, 5) is 23.2. The minimum Gasteiger partial charge on any atom is -0.338 e. The summed E-state index contributed by atoms with van der Waals surface area (Å²) in [5.74, 6) is 1.01. The Morgan fingerprint density at radius 3 is 2.96 bits per heavy atom. The van der Waals surface area contributed by atoms with E-state index in [9.17, 15) is 4.79 Å². The van der Waals surface area contributed by atoms with Gasteiger partial charge >= 0.3 is 6.03 Å². The first kappa shape index (κ1) is 16.5. The number of hydrogen-bond acceptors (Lipinski definition) is 3. The van der Waals surface area contributed by atoms with Crippen molar-refractivity contribution in [2.45, 2.75) is 45.2 Å². The first-order valence-electron chi connectivity index (χ1n) is 8.69. The van der Waals surface area contributed by atoms with Gasteiger partial charge in [0.05, 0.1) is 11.7 Å². The number of carbonyl (C=O) groups excluding carboxylic acids is 1. The van der Waals surface area contributed by atoms with Crippen molar-refractivity contribution in [1.82, 2.24) is 24.8 Å². The van der Waals surface area contributed by atoms with Gasteiger partial charge in [0.15, 0.2) is 0 Å². The van der Waals surface area contributed by atoms with E-state index in [1.807, 2.05) is 36.2 Å². The number of nitrogens with zero attached hydrogens (tertiary/aromatic N) is 4. The summed E-state index contributed by atoms with van der Waals surface area (Å²) in [5, 5.41) is 3.06. The molecule has 0 unspecified atom stereocenters. The number of carbonyl (C=O) groups is 1. The van der Waals surface area contributed by atoms with Crippen LogP contribution < -0.4 is 5.32 Å². The predicted molar refractivity (Wildman–Crippen MR) is 92.5 cm³/mol. The first-order chi connectivity index (χ1) is 11.8. The van der Waals surface area contributed by atoms with Crippen molar-refractivity contribution in [3.8, 4) is 0 Å². The van der Waals surface area contributed by atoms with Crippen molar-refractivity contribution in [3.63, 3.8) is 0 Å². The van der Waals surface area contributed by atoms with Crippen LogP contribution in [-0.2, 0) is 6.54 Å². The molecule has 6 nitrogen and oxygen atoms in total. The zero-order valence-electron chi connectivity index (χ0n) is 14.2. The molecule has 2 aromatic heterocycles. The molecule has 3 rings (SSSR count). The second kappa shape index (κ2) is 7.95. The molecule has 1 aliphatic rings. The van der Waals surface area contributed by atoms with Crippen LogP contribution in [0.3, 0.4) is 0 Å². The Morgan fingerprint density at radius 1 is 1.29 bits per heavy atom. The third-order valence-corrected chi connectivity index (χ3v) is 4.57. The summed E-state index contributed by atoms with van der Waals surface area (Å²) in [5.41, 5.74) is 0.987. The van der Waals surface area contributed by atoms with E-state index in [1.165, 1.54) is 0 Å². The van der Waals surface area contributed by atoms with E-state index in [2.05, 4.69) is 19.9 Å². The molecule has 3 heterocycles. The summed E-state index contributed by atoms with van der Waals surface area (Å²) in [6.07, 6.45) is 9.66. The van der Waals surface area contributed by atoms with Crippen LogP contribution in [0.4, 0.5) is 4.79 Å². The van der Waals surface area contributed by atoms with Crippen molar-refractivity contribution in [2.75, 3.05) is 13.1 Å². The Hall–Kier alpha value is -2.37. The van der Waals surface area contributed by atoms with Crippen LogP contribution >= 0.6 is 0 Å². The highest BCUT2D eigenvalue weighted by atomic mass is 16.2. The summed E-state index contributed by atoms with van der Waals surface area (Å²) in [6, 6.07) is 6.02. The lowest BCUT2D eigenvalue weighted by Crippen LogP contribution is -2.45. The van der Waals surface area contributed by atoms with Crippen LogP contribution in [0.15, 0.2) is 36.8 Å². The summed E-state index contributed by atoms with van der Waals surface area (Å²) < 4.78 is 2.10. The summed E-state index contributed by atoms with van der Waals surface area (Å²) >= 11 is 0. The van der Waals surface area contributed by atoms with Gasteiger partial charge in [0, 0.05) is 38.2 Å². The van der Waals surface area contributed by atoms with E-state index in [1.54, 1.807) is 12.4 Å². The second-order valence-corrected chi connectivity index (χ2v) is 6.21. The van der Waals surface area contributed by atoms with Gasteiger partial charge < -0.3 is 14.8 Å². The number of rotatable bonds is 5. The standard InChI is InChI=1S/C18H25N5O/c1-15-19-11-14-22(15)12-6-10-21-18(24)23-13-5-3-8-17(23)16-7-2-4-9-20-16/h2,4,7,9,11,14,17H,3,5-6,8,10,12-13H2,1H3,(H,21,24)/t17-/m1/s1. The lowest BCUT2D eigenvalue weighted by molar-refractivity contribution is 0.149. The Labute approximate surface area is 142 Å². The van der Waals surface area contributed by atoms with Gasteiger partial charge in [0.1, 0.15) is 5.82 Å². The fraction of sp³-hybridized carbons (Fsp3) is 0.500. The van der Waals surface area contributed by atoms with Gasteiger partial charge in [-0.2, -0.15) is 0 Å². The fourth-order valence-corrected chi connectivity index (χ4v) is 3.24. The van der Waals surface area contributed by atoms with E-state index in [4.69, 9.17) is 0 Å². The summed E-state index contributed by atoms with van der Waals surface area (Å²) in [7, 11) is 0. The van der Waals surface area contributed by atoms with E-state index < -0.39 is 0 Å². The SMILES string of the molecule is Cc1nccn1CCCNC(=O)N1CCCC[C@@H]1c1ccccn1. The van der Waals surface area contributed by atoms with E-state index in [-0.39, 0.29) is 12.1 Å². The molecule has 2 aromatic rings. The van der Waals surface area contributed by atoms with E-state index >= 15 is 0 Å². The number of likely N-dealkylation sites (tertiary alicyclic amines) is 1. The smallest absolute Gasteiger partial charge is 0.317 e. The Kier molecular flexibility index (Phi) is 5.46. The van der Waals surface area contributed by atoms with Crippen LogP contribution in [-0.4, -0.2) is 38.6 Å². The van der Waals surface area contributed by atoms with Crippen molar-refractivity contribution in [3.05, 3.63) is 48.3 Å². The zero-order valence-corrected chi connectivity index (χ0v) is 14.2. The first-order valence-corrected chi connectivity index (χ1v) is 8.69. The molecule has 128 valence electrons. The number of aryl methyl sites for hydroxylation is 2. The predicted octanol–water partition coefficient (Wildman–Crippen LogP) is 2.91. The van der Waals surface area contributed by atoms with E-state index in [0.717, 1.165) is 50.3 Å². The molecule has 0 radical (unpaired) electrons. The average Bonchev–Trinajstić information content (AvgIpc) is 3.04. The van der Waals surface area contributed by atoms with Crippen LogP contribution in [0.25, 0.3) is 0 Å². The molecule has 1 N–H and O–H groups in total. The molecule has 0 aliphatic carbocycles. The topological polar surface area (TPSA) is 63.1 Å². The molecule has 24 heavy (non-hydrogen) atoms. The number of imidazole rings is 1. The van der Waals surface area contributed by atoms with Gasteiger partial charge in [-0.15, -0.1) is 0 Å². The van der Waals surface area contributed by atoms with Crippen molar-refractivity contribution < 1.29 is 4.79 Å². The monoisotopic (exact) mass is 327 g/mol. The van der Waals surface area contributed by atoms with Crippen LogP contribution in [0.1, 0.15) is 43.2 Å². The Bertz CT molecular complexity index is 654. The zero-order chi connectivity index (χ0) is 16.8. The van der Waals surface area contributed by atoms with Gasteiger partial charge in [0.2, 0.25) is 0 Å². The number of urea groups is 1. The lowest BCUT2D eigenvalue weighted by Gasteiger charge is -2.35. The van der Waals surface area contributed by atoms with E-state index in [0.29, 0.717) is 6.54 Å². The molecule has 1 fully saturated rings. The maximum absolute atomic E-state index is 12.6. The molecular formula is C18H25N5O. The fourth-order valence-electron chi connectivity index (χ4n) is 3.24. The normalized spacial score (nSPS) is 17.7. The maximum Gasteiger partial charge on any atom is 0.317 e. The van der Waals surface area contributed by atoms with Gasteiger partial charge in [-0.1, -0.05) is 6.07 Å². The molecule has 6 heteroatoms. The molecule has 0 spiro atoms. The molecule has 0 aromatic carbocycles. The highest BCUT2D eigenvalue weighted by molar-refractivity contribution is 5.74. The number of aromatic nitrogens is 3. The molecule has 2 amide bonds. The molecular weight excluding hydrogens is 302 g/mol. The second-order valence-electron chi connectivity index (χ2n) is 6.21. The molecule has 1 saturated heterocycles. The minimum absolute atomic E-state index is 0.0210.